The molecular formula is C15H21N3O3. The number of pyridine rings is 1. The number of carbonyl (C=O) groups is 2. The van der Waals surface area contributed by atoms with E-state index < -0.39 is 5.97 Å². The van der Waals surface area contributed by atoms with E-state index in [1.54, 1.807) is 4.90 Å². The van der Waals surface area contributed by atoms with Crippen LogP contribution in [0.25, 0.3) is 0 Å². The van der Waals surface area contributed by atoms with Crippen LogP contribution in [0, 0.1) is 12.8 Å². The smallest absolute Gasteiger partial charge is 0.317 e. The van der Waals surface area contributed by atoms with E-state index in [0.29, 0.717) is 32.0 Å². The lowest BCUT2D eigenvalue weighted by Gasteiger charge is -2.17. The number of carbonyl (C=O) groups excluding carboxylic acids is 1. The summed E-state index contributed by atoms with van der Waals surface area (Å²) in [5.41, 5.74) is 1.77. The van der Waals surface area contributed by atoms with Crippen LogP contribution in [0.1, 0.15) is 30.7 Å². The maximum absolute atomic E-state index is 12.1. The van der Waals surface area contributed by atoms with Gasteiger partial charge in [0.05, 0.1) is 12.2 Å². The first-order chi connectivity index (χ1) is 10.0. The van der Waals surface area contributed by atoms with Crippen LogP contribution in [0.3, 0.4) is 0 Å². The highest BCUT2D eigenvalue weighted by molar-refractivity contribution is 5.74. The monoisotopic (exact) mass is 291 g/mol. The van der Waals surface area contributed by atoms with Crippen molar-refractivity contribution in [3.05, 3.63) is 29.6 Å². The molecule has 1 aromatic rings. The van der Waals surface area contributed by atoms with Crippen molar-refractivity contribution in [3.8, 4) is 0 Å². The van der Waals surface area contributed by atoms with Crippen molar-refractivity contribution in [2.45, 2.75) is 32.7 Å². The lowest BCUT2D eigenvalue weighted by molar-refractivity contribution is -0.137. The predicted octanol–water partition coefficient (Wildman–Crippen LogP) is 1.79. The third kappa shape index (κ3) is 4.73. The summed E-state index contributed by atoms with van der Waals surface area (Å²) in [6.45, 7) is 3.66. The van der Waals surface area contributed by atoms with E-state index in [1.807, 2.05) is 25.1 Å². The Labute approximate surface area is 124 Å². The zero-order chi connectivity index (χ0) is 15.2. The molecule has 1 aromatic heterocycles. The number of likely N-dealkylation sites (tertiary alicyclic amines) is 1. The molecule has 0 saturated carbocycles. The number of hydrogen-bond donors (Lipinski definition) is 2. The van der Waals surface area contributed by atoms with E-state index in [-0.39, 0.29) is 12.5 Å². The molecule has 6 nitrogen and oxygen atoms in total. The van der Waals surface area contributed by atoms with Crippen molar-refractivity contribution in [1.29, 1.82) is 0 Å². The first-order valence-corrected chi connectivity index (χ1v) is 7.21. The van der Waals surface area contributed by atoms with Gasteiger partial charge in [-0.05, 0) is 37.8 Å². The van der Waals surface area contributed by atoms with E-state index in [2.05, 4.69) is 10.3 Å². The number of urea groups is 1. The maximum atomic E-state index is 12.1. The van der Waals surface area contributed by atoms with E-state index in [9.17, 15) is 9.59 Å². The summed E-state index contributed by atoms with van der Waals surface area (Å²) in [6, 6.07) is 5.61. The second kappa shape index (κ2) is 7.06. The molecule has 0 aromatic carbocycles. The number of aryl methyl sites for hydroxylation is 1. The first kappa shape index (κ1) is 15.3. The molecule has 2 N–H and O–H groups in total. The number of carboxylic acids is 1. The summed E-state index contributed by atoms with van der Waals surface area (Å²) in [5.74, 6) is -0.479. The third-order valence-electron chi connectivity index (χ3n) is 3.71. The van der Waals surface area contributed by atoms with Gasteiger partial charge in [0.1, 0.15) is 0 Å². The van der Waals surface area contributed by atoms with Crippen LogP contribution in [-0.4, -0.2) is 40.1 Å². The van der Waals surface area contributed by atoms with Gasteiger partial charge in [-0.15, -0.1) is 0 Å². The number of rotatable bonds is 5. The highest BCUT2D eigenvalue weighted by Gasteiger charge is 2.26. The highest BCUT2D eigenvalue weighted by Crippen LogP contribution is 2.20. The van der Waals surface area contributed by atoms with Crippen molar-refractivity contribution in [1.82, 2.24) is 15.2 Å². The minimum atomic E-state index is -0.775. The quantitative estimate of drug-likeness (QED) is 0.866. The van der Waals surface area contributed by atoms with E-state index in [0.717, 1.165) is 17.8 Å². The molecule has 2 amide bonds. The third-order valence-corrected chi connectivity index (χ3v) is 3.71. The lowest BCUT2D eigenvalue weighted by Crippen LogP contribution is -2.38. The minimum Gasteiger partial charge on any atom is -0.481 e. The van der Waals surface area contributed by atoms with Crippen molar-refractivity contribution >= 4 is 12.0 Å². The van der Waals surface area contributed by atoms with Crippen LogP contribution in [0.5, 0.6) is 0 Å². The van der Waals surface area contributed by atoms with Gasteiger partial charge in [-0.25, -0.2) is 4.79 Å². The Morgan fingerprint density at radius 1 is 1.48 bits per heavy atom. The van der Waals surface area contributed by atoms with Gasteiger partial charge in [-0.3, -0.25) is 9.78 Å². The molecule has 1 aliphatic heterocycles. The predicted molar refractivity (Wildman–Crippen MR) is 77.8 cm³/mol. The Kier molecular flexibility index (Phi) is 5.14. The number of carboxylic acid groups (broad SMARTS) is 1. The number of aromatic nitrogens is 1. The second-order valence-electron chi connectivity index (χ2n) is 5.46. The molecule has 2 rings (SSSR count). The zero-order valence-electron chi connectivity index (χ0n) is 12.2. The van der Waals surface area contributed by atoms with E-state index in [4.69, 9.17) is 5.11 Å². The maximum Gasteiger partial charge on any atom is 0.317 e. The summed E-state index contributed by atoms with van der Waals surface area (Å²) in [4.78, 5) is 28.7. The van der Waals surface area contributed by atoms with Crippen LogP contribution in [0.2, 0.25) is 0 Å². The van der Waals surface area contributed by atoms with Crippen LogP contribution < -0.4 is 5.32 Å². The molecule has 21 heavy (non-hydrogen) atoms. The van der Waals surface area contributed by atoms with Gasteiger partial charge in [0.25, 0.3) is 0 Å². The van der Waals surface area contributed by atoms with Crippen molar-refractivity contribution in [2.24, 2.45) is 5.92 Å². The molecule has 1 unspecified atom stereocenters. The summed E-state index contributed by atoms with van der Waals surface area (Å²) in [6.07, 6.45) is 1.69. The van der Waals surface area contributed by atoms with Gasteiger partial charge in [0.15, 0.2) is 0 Å². The van der Waals surface area contributed by atoms with Crippen LogP contribution >= 0.6 is 0 Å². The summed E-state index contributed by atoms with van der Waals surface area (Å²) in [5, 5.41) is 11.5. The molecule has 1 saturated heterocycles. The Balaban J connectivity index is 1.75. The molecule has 1 aliphatic rings. The van der Waals surface area contributed by atoms with Crippen molar-refractivity contribution in [2.75, 3.05) is 13.1 Å². The normalized spacial score (nSPS) is 17.8. The molecule has 0 spiro atoms. The second-order valence-corrected chi connectivity index (χ2v) is 5.46. The Morgan fingerprint density at radius 2 is 2.29 bits per heavy atom. The molecule has 2 heterocycles. The number of nitrogens with one attached hydrogen (secondary N) is 1. The standard InChI is InChI=1S/C15H21N3O3/c1-11-3-2-4-13(17-11)9-16-15(21)18-8-7-12(10-18)5-6-14(19)20/h2-4,12H,5-10H2,1H3,(H,16,21)(H,19,20). The van der Waals surface area contributed by atoms with Gasteiger partial charge >= 0.3 is 12.0 Å². The number of aliphatic carboxylic acids is 1. The van der Waals surface area contributed by atoms with Gasteiger partial charge in [0, 0.05) is 25.2 Å². The molecule has 0 bridgehead atoms. The van der Waals surface area contributed by atoms with Crippen LogP contribution in [0.4, 0.5) is 4.79 Å². The molecular weight excluding hydrogens is 270 g/mol. The fraction of sp³-hybridized carbons (Fsp3) is 0.533. The van der Waals surface area contributed by atoms with E-state index in [1.165, 1.54) is 0 Å². The lowest BCUT2D eigenvalue weighted by atomic mass is 10.0. The first-order valence-electron chi connectivity index (χ1n) is 7.21. The molecule has 0 aliphatic carbocycles. The van der Waals surface area contributed by atoms with E-state index >= 15 is 0 Å². The highest BCUT2D eigenvalue weighted by atomic mass is 16.4. The minimum absolute atomic E-state index is 0.101. The Hall–Kier alpha value is -2.11. The molecule has 6 heteroatoms. The summed E-state index contributed by atoms with van der Waals surface area (Å²) in [7, 11) is 0. The summed E-state index contributed by atoms with van der Waals surface area (Å²) < 4.78 is 0. The topological polar surface area (TPSA) is 82.5 Å². The fourth-order valence-electron chi connectivity index (χ4n) is 2.56. The van der Waals surface area contributed by atoms with Crippen molar-refractivity contribution in [3.63, 3.8) is 0 Å². The number of nitrogens with zero attached hydrogens (tertiary/aromatic N) is 2. The Morgan fingerprint density at radius 3 is 3.00 bits per heavy atom. The molecule has 1 fully saturated rings. The zero-order valence-corrected chi connectivity index (χ0v) is 12.2. The average molecular weight is 291 g/mol. The van der Waals surface area contributed by atoms with Crippen molar-refractivity contribution < 1.29 is 14.7 Å². The van der Waals surface area contributed by atoms with Gasteiger partial charge in [-0.1, -0.05) is 6.07 Å². The average Bonchev–Trinajstić information content (AvgIpc) is 2.91. The summed E-state index contributed by atoms with van der Waals surface area (Å²) >= 11 is 0. The Bertz CT molecular complexity index is 519. The number of amides is 2. The van der Waals surface area contributed by atoms with Crippen LogP contribution in [0.15, 0.2) is 18.2 Å². The van der Waals surface area contributed by atoms with Gasteiger partial charge in [-0.2, -0.15) is 0 Å². The SMILES string of the molecule is Cc1cccc(CNC(=O)N2CCC(CCC(=O)O)C2)n1. The largest absolute Gasteiger partial charge is 0.481 e. The molecule has 0 radical (unpaired) electrons. The number of hydrogen-bond acceptors (Lipinski definition) is 3. The molecule has 114 valence electrons. The van der Waals surface area contributed by atoms with Gasteiger partial charge in [0.2, 0.25) is 0 Å². The fourth-order valence-corrected chi connectivity index (χ4v) is 2.56. The van der Waals surface area contributed by atoms with Crippen LogP contribution in [-0.2, 0) is 11.3 Å². The molecule has 1 atom stereocenters. The van der Waals surface area contributed by atoms with Gasteiger partial charge < -0.3 is 15.3 Å².